The normalized spacial score (nSPS) is 13.8. The molecule has 0 spiro atoms. The van der Waals surface area contributed by atoms with Gasteiger partial charge in [0.25, 0.3) is 0 Å². The molecule has 4 nitrogen and oxygen atoms in total. The predicted octanol–water partition coefficient (Wildman–Crippen LogP) is 3.44. The molecule has 0 amide bonds. The maximum Gasteiger partial charge on any atom is 0.125 e. The van der Waals surface area contributed by atoms with Gasteiger partial charge in [-0.25, -0.2) is 9.97 Å². The minimum absolute atomic E-state index is 0.0485. The van der Waals surface area contributed by atoms with Crippen LogP contribution in [0.15, 0.2) is 34.4 Å². The van der Waals surface area contributed by atoms with E-state index in [2.05, 4.69) is 4.98 Å². The Hall–Kier alpha value is -1.59. The molecule has 1 aliphatic rings. The second-order valence-corrected chi connectivity index (χ2v) is 6.43. The number of fused-ring (bicyclic) bond motifs is 1. The third kappa shape index (κ3) is 3.19. The Balaban J connectivity index is 1.99. The lowest BCUT2D eigenvalue weighted by Crippen LogP contribution is -2.16. The Morgan fingerprint density at radius 1 is 1.29 bits per heavy atom. The standard InChI is InChI=1S/C15H15ClN4S/c16-10-5-6-13(19-8-10)21-15-11(14(17)18)7-9-3-1-2-4-12(9)20-15/h5-8H,1-4H2,(H3,17,18). The zero-order valence-electron chi connectivity index (χ0n) is 11.4. The highest BCUT2D eigenvalue weighted by Crippen LogP contribution is 2.31. The van der Waals surface area contributed by atoms with Gasteiger partial charge in [0.1, 0.15) is 15.9 Å². The van der Waals surface area contributed by atoms with Crippen molar-refractivity contribution in [3.8, 4) is 0 Å². The fourth-order valence-electron chi connectivity index (χ4n) is 2.41. The van der Waals surface area contributed by atoms with Gasteiger partial charge >= 0.3 is 0 Å². The molecule has 0 unspecified atom stereocenters. The zero-order chi connectivity index (χ0) is 14.8. The number of nitrogens with one attached hydrogen (secondary N) is 1. The van der Waals surface area contributed by atoms with Gasteiger partial charge in [0, 0.05) is 17.5 Å². The number of nitrogens with two attached hydrogens (primary N) is 1. The molecule has 6 heteroatoms. The minimum Gasteiger partial charge on any atom is -0.384 e. The summed E-state index contributed by atoms with van der Waals surface area (Å²) in [5.41, 5.74) is 8.76. The monoisotopic (exact) mass is 318 g/mol. The number of nitrogen functional groups attached to an aromatic ring is 1. The molecule has 0 radical (unpaired) electrons. The van der Waals surface area contributed by atoms with Crippen LogP contribution >= 0.6 is 23.4 Å². The summed E-state index contributed by atoms with van der Waals surface area (Å²) in [5, 5.41) is 9.92. The second-order valence-electron chi connectivity index (χ2n) is 4.98. The van der Waals surface area contributed by atoms with E-state index in [1.54, 1.807) is 12.3 Å². The molecule has 0 aromatic carbocycles. The molecule has 3 rings (SSSR count). The van der Waals surface area contributed by atoms with E-state index in [9.17, 15) is 0 Å². The van der Waals surface area contributed by atoms with Crippen LogP contribution in [0.5, 0.6) is 0 Å². The van der Waals surface area contributed by atoms with Crippen LogP contribution in [0, 0.1) is 5.41 Å². The molecule has 1 aliphatic carbocycles. The van der Waals surface area contributed by atoms with E-state index in [-0.39, 0.29) is 5.84 Å². The van der Waals surface area contributed by atoms with E-state index in [0.717, 1.165) is 28.6 Å². The van der Waals surface area contributed by atoms with Crippen LogP contribution in [0.2, 0.25) is 5.02 Å². The van der Waals surface area contributed by atoms with Crippen molar-refractivity contribution in [2.45, 2.75) is 35.7 Å². The maximum atomic E-state index is 7.78. The molecule has 21 heavy (non-hydrogen) atoms. The first-order chi connectivity index (χ1) is 10.1. The van der Waals surface area contributed by atoms with Gasteiger partial charge < -0.3 is 5.73 Å². The van der Waals surface area contributed by atoms with E-state index in [4.69, 9.17) is 27.7 Å². The molecule has 0 atom stereocenters. The number of aryl methyl sites for hydroxylation is 2. The third-order valence-corrected chi connectivity index (χ3v) is 4.64. The summed E-state index contributed by atoms with van der Waals surface area (Å²) in [6.07, 6.45) is 5.97. The lowest BCUT2D eigenvalue weighted by atomic mass is 9.95. The molecule has 2 aromatic rings. The van der Waals surface area contributed by atoms with Crippen LogP contribution in [-0.2, 0) is 12.8 Å². The second kappa shape index (κ2) is 6.03. The summed E-state index contributed by atoms with van der Waals surface area (Å²) < 4.78 is 0. The van der Waals surface area contributed by atoms with Gasteiger partial charge in [-0.05, 0) is 61.2 Å². The molecule has 0 bridgehead atoms. The molecule has 0 fully saturated rings. The first-order valence-corrected chi connectivity index (χ1v) is 7.99. The molecule has 2 heterocycles. The van der Waals surface area contributed by atoms with Crippen LogP contribution < -0.4 is 5.73 Å². The number of rotatable bonds is 3. The molecular weight excluding hydrogens is 304 g/mol. The van der Waals surface area contributed by atoms with E-state index < -0.39 is 0 Å². The van der Waals surface area contributed by atoms with Gasteiger partial charge in [-0.3, -0.25) is 5.41 Å². The average molecular weight is 319 g/mol. The lowest BCUT2D eigenvalue weighted by molar-refractivity contribution is 0.660. The summed E-state index contributed by atoms with van der Waals surface area (Å²) >= 11 is 7.27. The fourth-order valence-corrected chi connectivity index (χ4v) is 3.39. The molecule has 2 aromatic heterocycles. The van der Waals surface area contributed by atoms with Crippen LogP contribution in [-0.4, -0.2) is 15.8 Å². The zero-order valence-corrected chi connectivity index (χ0v) is 13.0. The van der Waals surface area contributed by atoms with E-state index in [1.807, 2.05) is 12.1 Å². The van der Waals surface area contributed by atoms with Crippen molar-refractivity contribution in [2.24, 2.45) is 5.73 Å². The van der Waals surface area contributed by atoms with Crippen molar-refractivity contribution in [3.05, 3.63) is 46.2 Å². The summed E-state index contributed by atoms with van der Waals surface area (Å²) in [7, 11) is 0. The molecule has 108 valence electrons. The van der Waals surface area contributed by atoms with E-state index in [1.165, 1.54) is 30.2 Å². The van der Waals surface area contributed by atoms with Crippen LogP contribution in [0.3, 0.4) is 0 Å². The number of hydrogen-bond acceptors (Lipinski definition) is 4. The Labute approximate surface area is 132 Å². The summed E-state index contributed by atoms with van der Waals surface area (Å²) in [6, 6.07) is 5.66. The lowest BCUT2D eigenvalue weighted by Gasteiger charge is -2.18. The smallest absolute Gasteiger partial charge is 0.125 e. The highest BCUT2D eigenvalue weighted by atomic mass is 35.5. The number of pyridine rings is 2. The number of amidine groups is 1. The number of nitrogens with zero attached hydrogens (tertiary/aromatic N) is 2. The molecule has 0 aliphatic heterocycles. The molecule has 3 N–H and O–H groups in total. The van der Waals surface area contributed by atoms with Crippen LogP contribution in [0.1, 0.15) is 29.7 Å². The summed E-state index contributed by atoms with van der Waals surface area (Å²) in [4.78, 5) is 8.99. The van der Waals surface area contributed by atoms with Crippen molar-refractivity contribution in [1.29, 1.82) is 5.41 Å². The maximum absolute atomic E-state index is 7.78. The SMILES string of the molecule is N=C(N)c1cc2c(nc1Sc1ccc(Cl)cn1)CCCC2. The van der Waals surface area contributed by atoms with E-state index >= 15 is 0 Å². The highest BCUT2D eigenvalue weighted by molar-refractivity contribution is 7.99. The highest BCUT2D eigenvalue weighted by Gasteiger charge is 2.17. The Morgan fingerprint density at radius 2 is 2.10 bits per heavy atom. The number of aromatic nitrogens is 2. The van der Waals surface area contributed by atoms with Crippen LogP contribution in [0.4, 0.5) is 0 Å². The predicted molar refractivity (Wildman–Crippen MR) is 85.3 cm³/mol. The van der Waals surface area contributed by atoms with Crippen molar-refractivity contribution in [2.75, 3.05) is 0 Å². The van der Waals surface area contributed by atoms with Crippen molar-refractivity contribution < 1.29 is 0 Å². The molecular formula is C15H15ClN4S. The largest absolute Gasteiger partial charge is 0.384 e. The van der Waals surface area contributed by atoms with Crippen molar-refractivity contribution >= 4 is 29.2 Å². The van der Waals surface area contributed by atoms with Gasteiger partial charge in [-0.1, -0.05) is 11.6 Å². The first-order valence-electron chi connectivity index (χ1n) is 6.80. The van der Waals surface area contributed by atoms with E-state index in [0.29, 0.717) is 10.6 Å². The number of halogens is 1. The minimum atomic E-state index is 0.0485. The number of hydrogen-bond donors (Lipinski definition) is 2. The van der Waals surface area contributed by atoms with Gasteiger partial charge in [0.05, 0.1) is 5.02 Å². The van der Waals surface area contributed by atoms with Crippen LogP contribution in [0.25, 0.3) is 0 Å². The average Bonchev–Trinajstić information content (AvgIpc) is 2.48. The summed E-state index contributed by atoms with van der Waals surface area (Å²) in [5.74, 6) is 0.0485. The van der Waals surface area contributed by atoms with Crippen molar-refractivity contribution in [1.82, 2.24) is 9.97 Å². The van der Waals surface area contributed by atoms with Gasteiger partial charge in [0.2, 0.25) is 0 Å². The quantitative estimate of drug-likeness (QED) is 0.671. The van der Waals surface area contributed by atoms with Crippen molar-refractivity contribution in [3.63, 3.8) is 0 Å². The Bertz CT molecular complexity index is 685. The third-order valence-electron chi connectivity index (χ3n) is 3.46. The first kappa shape index (κ1) is 14.4. The van der Waals surface area contributed by atoms with Gasteiger partial charge in [0.15, 0.2) is 0 Å². The Kier molecular flexibility index (Phi) is 4.12. The molecule has 0 saturated heterocycles. The molecule has 0 saturated carbocycles. The van der Waals surface area contributed by atoms with Gasteiger partial charge in [-0.2, -0.15) is 0 Å². The van der Waals surface area contributed by atoms with Gasteiger partial charge in [-0.15, -0.1) is 0 Å². The summed E-state index contributed by atoms with van der Waals surface area (Å²) in [6.45, 7) is 0. The Morgan fingerprint density at radius 3 is 2.81 bits per heavy atom. The fraction of sp³-hybridized carbons (Fsp3) is 0.267. The topological polar surface area (TPSA) is 75.7 Å².